The summed E-state index contributed by atoms with van der Waals surface area (Å²) >= 11 is 0. The number of ether oxygens (including phenoxy) is 2. The monoisotopic (exact) mass is 489 g/mol. The summed E-state index contributed by atoms with van der Waals surface area (Å²) in [6.45, 7) is 2.95. The van der Waals surface area contributed by atoms with Crippen LogP contribution in [0.3, 0.4) is 0 Å². The van der Waals surface area contributed by atoms with E-state index in [4.69, 9.17) is 9.47 Å². The van der Waals surface area contributed by atoms with Crippen molar-refractivity contribution in [1.29, 1.82) is 0 Å². The average molecular weight is 490 g/mol. The van der Waals surface area contributed by atoms with Crippen LogP contribution in [-0.4, -0.2) is 57.9 Å². The molecule has 2 saturated heterocycles. The van der Waals surface area contributed by atoms with Crippen LogP contribution in [0.5, 0.6) is 5.75 Å². The second-order valence-corrected chi connectivity index (χ2v) is 9.41. The number of hydrogen-bond acceptors (Lipinski definition) is 5. The summed E-state index contributed by atoms with van der Waals surface area (Å²) in [6.07, 6.45) is -2.29. The standard InChI is InChI=1S/C26H30F3N3O3/c1-34-24-7-3-2-6-22(24)31-10-11-32-21-9-8-18(26(27,28)29)13-17(21)14-20(23(32)16-31)25(33)30-15-19-5-4-12-35-19/h2-3,6-9,13,19-20,23H,4-5,10-12,14-16H2,1H3,(H,30,33). The molecule has 0 aromatic heterocycles. The number of anilines is 2. The molecule has 3 aliphatic heterocycles. The fourth-order valence-electron chi connectivity index (χ4n) is 5.56. The van der Waals surface area contributed by atoms with Gasteiger partial charge in [-0.2, -0.15) is 13.2 Å². The van der Waals surface area contributed by atoms with Gasteiger partial charge in [-0.05, 0) is 55.2 Å². The number of methoxy groups -OCH3 is 1. The lowest BCUT2D eigenvalue weighted by Gasteiger charge is -2.50. The van der Waals surface area contributed by atoms with Crippen molar-refractivity contribution in [3.8, 4) is 5.75 Å². The third kappa shape index (κ3) is 4.78. The van der Waals surface area contributed by atoms with E-state index in [9.17, 15) is 18.0 Å². The number of alkyl halides is 3. The Hall–Kier alpha value is -2.94. The van der Waals surface area contributed by atoms with E-state index in [0.29, 0.717) is 38.3 Å². The highest BCUT2D eigenvalue weighted by Gasteiger charge is 2.43. The van der Waals surface area contributed by atoms with Gasteiger partial charge in [-0.15, -0.1) is 0 Å². The lowest BCUT2D eigenvalue weighted by atomic mass is 9.82. The van der Waals surface area contributed by atoms with Gasteiger partial charge in [0, 0.05) is 38.5 Å². The predicted molar refractivity (Wildman–Crippen MR) is 127 cm³/mol. The molecule has 3 atom stereocenters. The molecule has 1 N–H and O–H groups in total. The number of carbonyl (C=O) groups is 1. The Morgan fingerprint density at radius 2 is 2.00 bits per heavy atom. The van der Waals surface area contributed by atoms with Crippen molar-refractivity contribution in [1.82, 2.24) is 5.32 Å². The molecule has 1 amide bonds. The SMILES string of the molecule is COc1ccccc1N1CCN2c3ccc(C(F)(F)F)cc3CC(C(=O)NCC3CCCO3)C2C1. The van der Waals surface area contributed by atoms with E-state index >= 15 is 0 Å². The Labute approximate surface area is 203 Å². The van der Waals surface area contributed by atoms with Crippen molar-refractivity contribution in [3.05, 3.63) is 53.6 Å². The van der Waals surface area contributed by atoms with Crippen LogP contribution < -0.4 is 19.9 Å². The Bertz CT molecular complexity index is 1070. The van der Waals surface area contributed by atoms with Gasteiger partial charge in [0.15, 0.2) is 0 Å². The third-order valence-electron chi connectivity index (χ3n) is 7.33. The topological polar surface area (TPSA) is 54.0 Å². The van der Waals surface area contributed by atoms with Crippen LogP contribution in [0.2, 0.25) is 0 Å². The molecular weight excluding hydrogens is 459 g/mol. The zero-order chi connectivity index (χ0) is 24.6. The summed E-state index contributed by atoms with van der Waals surface area (Å²) in [5.74, 6) is 0.136. The van der Waals surface area contributed by atoms with Crippen LogP contribution >= 0.6 is 0 Å². The average Bonchev–Trinajstić information content (AvgIpc) is 3.39. The molecule has 0 saturated carbocycles. The van der Waals surface area contributed by atoms with Crippen LogP contribution in [0.1, 0.15) is 24.0 Å². The van der Waals surface area contributed by atoms with Gasteiger partial charge < -0.3 is 24.6 Å². The Balaban J connectivity index is 1.44. The molecule has 35 heavy (non-hydrogen) atoms. The number of benzene rings is 2. The van der Waals surface area contributed by atoms with E-state index in [0.717, 1.165) is 36.0 Å². The summed E-state index contributed by atoms with van der Waals surface area (Å²) in [4.78, 5) is 17.7. The quantitative estimate of drug-likeness (QED) is 0.691. The van der Waals surface area contributed by atoms with Crippen molar-refractivity contribution >= 4 is 17.3 Å². The molecule has 2 aromatic carbocycles. The van der Waals surface area contributed by atoms with Crippen LogP contribution in [0.4, 0.5) is 24.5 Å². The zero-order valence-electron chi connectivity index (χ0n) is 19.7. The third-order valence-corrected chi connectivity index (χ3v) is 7.33. The Morgan fingerprint density at radius 1 is 1.17 bits per heavy atom. The van der Waals surface area contributed by atoms with Crippen LogP contribution in [0.15, 0.2) is 42.5 Å². The van der Waals surface area contributed by atoms with Crippen molar-refractivity contribution in [2.45, 2.75) is 37.6 Å². The minimum Gasteiger partial charge on any atom is -0.495 e. The fraction of sp³-hybridized carbons (Fsp3) is 0.500. The number of para-hydroxylation sites is 2. The molecule has 5 rings (SSSR count). The molecule has 9 heteroatoms. The highest BCUT2D eigenvalue weighted by molar-refractivity contribution is 5.82. The number of rotatable bonds is 5. The minimum atomic E-state index is -4.42. The summed E-state index contributed by atoms with van der Waals surface area (Å²) in [6, 6.07) is 11.5. The van der Waals surface area contributed by atoms with Gasteiger partial charge in [-0.25, -0.2) is 0 Å². The first-order valence-corrected chi connectivity index (χ1v) is 12.1. The van der Waals surface area contributed by atoms with Crippen molar-refractivity contribution in [3.63, 3.8) is 0 Å². The van der Waals surface area contributed by atoms with E-state index in [1.165, 1.54) is 6.07 Å². The number of amides is 1. The highest BCUT2D eigenvalue weighted by Crippen LogP contribution is 2.41. The van der Waals surface area contributed by atoms with Gasteiger partial charge in [-0.1, -0.05) is 12.1 Å². The highest BCUT2D eigenvalue weighted by atomic mass is 19.4. The molecule has 3 aliphatic rings. The minimum absolute atomic E-state index is 0.000744. The number of piperazine rings is 1. The zero-order valence-corrected chi connectivity index (χ0v) is 19.7. The maximum atomic E-state index is 13.4. The molecule has 2 fully saturated rings. The number of nitrogens with one attached hydrogen (secondary N) is 1. The van der Waals surface area contributed by atoms with Gasteiger partial charge in [0.1, 0.15) is 5.75 Å². The fourth-order valence-corrected chi connectivity index (χ4v) is 5.56. The first kappa shape index (κ1) is 23.8. The summed E-state index contributed by atoms with van der Waals surface area (Å²) in [7, 11) is 1.63. The largest absolute Gasteiger partial charge is 0.495 e. The second kappa shape index (κ2) is 9.60. The molecular formula is C26H30F3N3O3. The van der Waals surface area contributed by atoms with Crippen LogP contribution in [0.25, 0.3) is 0 Å². The lowest BCUT2D eigenvalue weighted by molar-refractivity contribution is -0.137. The summed E-state index contributed by atoms with van der Waals surface area (Å²) in [5, 5.41) is 3.02. The molecule has 0 aliphatic carbocycles. The van der Waals surface area contributed by atoms with Gasteiger partial charge in [-0.3, -0.25) is 4.79 Å². The number of halogens is 3. The number of carbonyl (C=O) groups excluding carboxylic acids is 1. The molecule has 188 valence electrons. The van der Waals surface area contributed by atoms with E-state index in [-0.39, 0.29) is 24.5 Å². The maximum Gasteiger partial charge on any atom is 0.416 e. The van der Waals surface area contributed by atoms with E-state index in [2.05, 4.69) is 15.1 Å². The first-order chi connectivity index (χ1) is 16.8. The predicted octanol–water partition coefficient (Wildman–Crippen LogP) is 3.88. The summed E-state index contributed by atoms with van der Waals surface area (Å²) in [5.41, 5.74) is 1.62. The number of hydrogen-bond donors (Lipinski definition) is 1. The molecule has 3 heterocycles. The van der Waals surface area contributed by atoms with Crippen molar-refractivity contribution in [2.24, 2.45) is 5.92 Å². The first-order valence-electron chi connectivity index (χ1n) is 12.1. The van der Waals surface area contributed by atoms with Crippen LogP contribution in [-0.2, 0) is 22.1 Å². The van der Waals surface area contributed by atoms with Gasteiger partial charge >= 0.3 is 6.18 Å². The second-order valence-electron chi connectivity index (χ2n) is 9.41. The molecule has 0 spiro atoms. The van der Waals surface area contributed by atoms with Crippen LogP contribution in [0, 0.1) is 5.92 Å². The van der Waals surface area contributed by atoms with E-state index < -0.39 is 17.7 Å². The normalized spacial score (nSPS) is 24.1. The molecule has 0 bridgehead atoms. The van der Waals surface area contributed by atoms with Crippen molar-refractivity contribution < 1.29 is 27.4 Å². The Kier molecular flexibility index (Phi) is 6.53. The lowest BCUT2D eigenvalue weighted by Crippen LogP contribution is -2.61. The molecule has 0 radical (unpaired) electrons. The number of nitrogens with zero attached hydrogens (tertiary/aromatic N) is 2. The maximum absolute atomic E-state index is 13.4. The molecule has 6 nitrogen and oxygen atoms in total. The smallest absolute Gasteiger partial charge is 0.416 e. The van der Waals surface area contributed by atoms with E-state index in [1.54, 1.807) is 13.2 Å². The van der Waals surface area contributed by atoms with Gasteiger partial charge in [0.05, 0.1) is 36.4 Å². The van der Waals surface area contributed by atoms with Crippen molar-refractivity contribution in [2.75, 3.05) is 49.7 Å². The number of fused-ring (bicyclic) bond motifs is 3. The summed E-state index contributed by atoms with van der Waals surface area (Å²) < 4.78 is 51.5. The van der Waals surface area contributed by atoms with Gasteiger partial charge in [0.25, 0.3) is 0 Å². The molecule has 2 aromatic rings. The Morgan fingerprint density at radius 3 is 2.74 bits per heavy atom. The van der Waals surface area contributed by atoms with Gasteiger partial charge in [0.2, 0.25) is 5.91 Å². The van der Waals surface area contributed by atoms with E-state index in [1.807, 2.05) is 24.3 Å². The molecule has 3 unspecified atom stereocenters.